The summed E-state index contributed by atoms with van der Waals surface area (Å²) in [6.07, 6.45) is 3.90. The molecule has 0 spiro atoms. The van der Waals surface area contributed by atoms with Gasteiger partial charge in [-0.05, 0) is 37.0 Å². The fourth-order valence-electron chi connectivity index (χ4n) is 3.62. The zero-order valence-corrected chi connectivity index (χ0v) is 13.5. The van der Waals surface area contributed by atoms with E-state index in [-0.39, 0.29) is 18.5 Å². The maximum Gasteiger partial charge on any atom is 0.320 e. The van der Waals surface area contributed by atoms with Crippen molar-refractivity contribution in [3.63, 3.8) is 0 Å². The van der Waals surface area contributed by atoms with Crippen LogP contribution in [0.3, 0.4) is 0 Å². The lowest BCUT2D eigenvalue weighted by atomic mass is 9.75. The molecule has 2 amide bonds. The summed E-state index contributed by atoms with van der Waals surface area (Å²) in [6.45, 7) is 9.10. The van der Waals surface area contributed by atoms with Gasteiger partial charge in [0, 0.05) is 25.7 Å². The number of aliphatic carboxylic acids is 1. The minimum Gasteiger partial charge on any atom is -0.481 e. The molecule has 2 aliphatic rings. The smallest absolute Gasteiger partial charge is 0.320 e. The van der Waals surface area contributed by atoms with Crippen molar-refractivity contribution in [3.05, 3.63) is 0 Å². The van der Waals surface area contributed by atoms with Crippen LogP contribution in [0.4, 0.5) is 4.79 Å². The zero-order valence-electron chi connectivity index (χ0n) is 13.5. The second kappa shape index (κ2) is 6.24. The molecular weight excluding hydrogens is 268 g/mol. The maximum absolute atomic E-state index is 12.6. The number of piperidine rings is 1. The molecule has 5 nitrogen and oxygen atoms in total. The molecule has 1 unspecified atom stereocenters. The van der Waals surface area contributed by atoms with E-state index in [1.807, 2.05) is 4.90 Å². The van der Waals surface area contributed by atoms with Crippen molar-refractivity contribution >= 4 is 12.0 Å². The Morgan fingerprint density at radius 1 is 1.10 bits per heavy atom. The number of carboxylic acid groups (broad SMARTS) is 1. The summed E-state index contributed by atoms with van der Waals surface area (Å²) in [5.41, 5.74) is 0.300. The molecule has 5 heteroatoms. The van der Waals surface area contributed by atoms with E-state index in [1.54, 1.807) is 4.90 Å². The molecule has 0 aliphatic carbocycles. The van der Waals surface area contributed by atoms with Crippen LogP contribution < -0.4 is 0 Å². The Kier molecular flexibility index (Phi) is 4.79. The van der Waals surface area contributed by atoms with Crippen molar-refractivity contribution in [1.82, 2.24) is 9.80 Å². The molecule has 0 saturated carbocycles. The summed E-state index contributed by atoms with van der Waals surface area (Å²) in [7, 11) is 0. The molecule has 1 atom stereocenters. The van der Waals surface area contributed by atoms with Crippen LogP contribution in [0.1, 0.15) is 52.9 Å². The second-order valence-corrected chi connectivity index (χ2v) is 7.50. The Bertz CT molecular complexity index is 395. The third-order valence-corrected chi connectivity index (χ3v) is 5.02. The highest BCUT2D eigenvalue weighted by Gasteiger charge is 2.36. The first-order chi connectivity index (χ1) is 9.79. The number of nitrogens with zero attached hydrogens (tertiary/aromatic N) is 2. The summed E-state index contributed by atoms with van der Waals surface area (Å²) in [4.78, 5) is 27.2. The van der Waals surface area contributed by atoms with E-state index in [0.717, 1.165) is 38.8 Å². The van der Waals surface area contributed by atoms with E-state index >= 15 is 0 Å². The third kappa shape index (κ3) is 3.89. The van der Waals surface area contributed by atoms with Gasteiger partial charge in [-0.3, -0.25) is 4.79 Å². The lowest BCUT2D eigenvalue weighted by molar-refractivity contribution is -0.138. The Hall–Kier alpha value is -1.26. The van der Waals surface area contributed by atoms with E-state index in [0.29, 0.717) is 17.9 Å². The van der Waals surface area contributed by atoms with Crippen LogP contribution in [0, 0.1) is 11.3 Å². The van der Waals surface area contributed by atoms with Gasteiger partial charge in [-0.25, -0.2) is 4.79 Å². The Labute approximate surface area is 127 Å². The van der Waals surface area contributed by atoms with Crippen LogP contribution >= 0.6 is 0 Å². The molecule has 0 aromatic carbocycles. The number of hydrogen-bond donors (Lipinski definition) is 1. The molecule has 1 N–H and O–H groups in total. The summed E-state index contributed by atoms with van der Waals surface area (Å²) in [5, 5.41) is 8.96. The predicted octanol–water partition coefficient (Wildman–Crippen LogP) is 2.80. The molecule has 2 heterocycles. The molecule has 0 radical (unpaired) electrons. The summed E-state index contributed by atoms with van der Waals surface area (Å²) < 4.78 is 0. The zero-order chi connectivity index (χ0) is 15.6. The fraction of sp³-hybridized carbons (Fsp3) is 0.875. The number of carbonyl (C=O) groups is 2. The number of likely N-dealkylation sites (tertiary alicyclic amines) is 2. The first-order valence-corrected chi connectivity index (χ1v) is 8.06. The van der Waals surface area contributed by atoms with Gasteiger partial charge in [-0.1, -0.05) is 20.8 Å². The maximum atomic E-state index is 12.6. The first-order valence-electron chi connectivity index (χ1n) is 8.06. The standard InChI is InChI=1S/C16H28N2O3/c1-16(2,3)12-6-9-17(10-7-12)15(21)18-8-4-5-13(18)11-14(19)20/h12-13H,4-11H2,1-3H3,(H,19,20). The average molecular weight is 296 g/mol. The lowest BCUT2D eigenvalue weighted by Gasteiger charge is -2.40. The SMILES string of the molecule is CC(C)(C)C1CCN(C(=O)N2CCCC2CC(=O)O)CC1. The molecule has 2 fully saturated rings. The lowest BCUT2D eigenvalue weighted by Crippen LogP contribution is -2.49. The Balaban J connectivity index is 1.91. The minimum atomic E-state index is -0.814. The predicted molar refractivity (Wildman–Crippen MR) is 81.1 cm³/mol. The van der Waals surface area contributed by atoms with Gasteiger partial charge in [0.25, 0.3) is 0 Å². The van der Waals surface area contributed by atoms with E-state index < -0.39 is 5.97 Å². The fourth-order valence-corrected chi connectivity index (χ4v) is 3.62. The molecule has 2 saturated heterocycles. The highest BCUT2D eigenvalue weighted by atomic mass is 16.4. The first kappa shape index (κ1) is 16.1. The van der Waals surface area contributed by atoms with Crippen LogP contribution in [0.15, 0.2) is 0 Å². The summed E-state index contributed by atoms with van der Waals surface area (Å²) in [5.74, 6) is -0.152. The average Bonchev–Trinajstić information content (AvgIpc) is 2.84. The van der Waals surface area contributed by atoms with Gasteiger partial charge < -0.3 is 14.9 Å². The third-order valence-electron chi connectivity index (χ3n) is 5.02. The molecule has 0 bridgehead atoms. The minimum absolute atomic E-state index is 0.0473. The Morgan fingerprint density at radius 3 is 2.24 bits per heavy atom. The number of urea groups is 1. The summed E-state index contributed by atoms with van der Waals surface area (Å²) in [6, 6.07) is -0.0681. The van der Waals surface area contributed by atoms with Crippen molar-refractivity contribution in [1.29, 1.82) is 0 Å². The molecule has 120 valence electrons. The molecule has 0 aromatic rings. The normalized spacial score (nSPS) is 24.4. The molecule has 0 aromatic heterocycles. The van der Waals surface area contributed by atoms with Gasteiger partial charge in [0.2, 0.25) is 0 Å². The van der Waals surface area contributed by atoms with Crippen LogP contribution in [0.25, 0.3) is 0 Å². The highest BCUT2D eigenvalue weighted by molar-refractivity contribution is 5.76. The van der Waals surface area contributed by atoms with Gasteiger partial charge in [-0.15, -0.1) is 0 Å². The largest absolute Gasteiger partial charge is 0.481 e. The van der Waals surface area contributed by atoms with Crippen molar-refractivity contribution in [2.45, 2.75) is 58.9 Å². The van der Waals surface area contributed by atoms with E-state index in [9.17, 15) is 9.59 Å². The topological polar surface area (TPSA) is 60.9 Å². The van der Waals surface area contributed by atoms with Gasteiger partial charge >= 0.3 is 12.0 Å². The molecular formula is C16H28N2O3. The number of rotatable bonds is 2. The van der Waals surface area contributed by atoms with E-state index in [2.05, 4.69) is 20.8 Å². The van der Waals surface area contributed by atoms with Crippen molar-refractivity contribution in [2.75, 3.05) is 19.6 Å². The van der Waals surface area contributed by atoms with Crippen molar-refractivity contribution < 1.29 is 14.7 Å². The van der Waals surface area contributed by atoms with Gasteiger partial charge in [-0.2, -0.15) is 0 Å². The quantitative estimate of drug-likeness (QED) is 0.852. The second-order valence-electron chi connectivity index (χ2n) is 7.50. The number of amides is 2. The van der Waals surface area contributed by atoms with Crippen LogP contribution in [-0.2, 0) is 4.79 Å². The molecule has 2 rings (SSSR count). The van der Waals surface area contributed by atoms with Crippen LogP contribution in [0.5, 0.6) is 0 Å². The van der Waals surface area contributed by atoms with Crippen LogP contribution in [-0.4, -0.2) is 52.6 Å². The van der Waals surface area contributed by atoms with Crippen molar-refractivity contribution in [3.8, 4) is 0 Å². The van der Waals surface area contributed by atoms with E-state index in [4.69, 9.17) is 5.11 Å². The molecule has 2 aliphatic heterocycles. The molecule has 21 heavy (non-hydrogen) atoms. The van der Waals surface area contributed by atoms with Gasteiger partial charge in [0.15, 0.2) is 0 Å². The Morgan fingerprint density at radius 2 is 1.71 bits per heavy atom. The number of hydrogen-bond acceptors (Lipinski definition) is 2. The summed E-state index contributed by atoms with van der Waals surface area (Å²) >= 11 is 0. The highest BCUT2D eigenvalue weighted by Crippen LogP contribution is 2.35. The van der Waals surface area contributed by atoms with E-state index in [1.165, 1.54) is 0 Å². The number of carboxylic acids is 1. The van der Waals surface area contributed by atoms with Crippen molar-refractivity contribution in [2.24, 2.45) is 11.3 Å². The number of carbonyl (C=O) groups excluding carboxylic acids is 1. The van der Waals surface area contributed by atoms with Gasteiger partial charge in [0.1, 0.15) is 0 Å². The monoisotopic (exact) mass is 296 g/mol. The van der Waals surface area contributed by atoms with Gasteiger partial charge in [0.05, 0.1) is 6.42 Å². The van der Waals surface area contributed by atoms with Crippen LogP contribution in [0.2, 0.25) is 0 Å².